The fraction of sp³-hybridized carbons (Fsp3) is 0.143. The number of nitrogens with one attached hydrogen (secondary N) is 2. The average Bonchev–Trinajstić information content (AvgIpc) is 2.48. The molecule has 0 aliphatic carbocycles. The van der Waals surface area contributed by atoms with Gasteiger partial charge in [0.15, 0.2) is 0 Å². The van der Waals surface area contributed by atoms with Gasteiger partial charge in [-0.25, -0.2) is 0 Å². The Balaban J connectivity index is 2.55. The lowest BCUT2D eigenvalue weighted by atomic mass is 10.2. The van der Waals surface area contributed by atoms with Crippen molar-refractivity contribution in [1.82, 2.24) is 0 Å². The molecule has 0 radical (unpaired) electrons. The zero-order valence-corrected chi connectivity index (χ0v) is 7.26. The van der Waals surface area contributed by atoms with E-state index in [1.54, 1.807) is 6.07 Å². The van der Waals surface area contributed by atoms with Crippen LogP contribution < -0.4 is 10.6 Å². The first-order chi connectivity index (χ1) is 6.18. The monoisotopic (exact) mass is 199 g/mol. The number of benzene rings is 1. The molecule has 0 amide bonds. The maximum atomic E-state index is 10.5. The maximum Gasteiger partial charge on any atom is 0.290 e. The Kier molecular flexibility index (Phi) is 1.73. The van der Waals surface area contributed by atoms with Gasteiger partial charge >= 0.3 is 0 Å². The van der Waals surface area contributed by atoms with E-state index in [2.05, 4.69) is 10.6 Å². The molecule has 2 rings (SSSR count). The van der Waals surface area contributed by atoms with Crippen LogP contribution in [0.25, 0.3) is 0 Å². The van der Waals surface area contributed by atoms with Crippen LogP contribution in [0.2, 0.25) is 5.02 Å². The molecule has 0 bridgehead atoms. The van der Waals surface area contributed by atoms with Crippen molar-refractivity contribution in [1.29, 1.82) is 0 Å². The summed E-state index contributed by atoms with van der Waals surface area (Å²) in [6.07, 6.45) is 0. The second-order valence-electron chi connectivity index (χ2n) is 2.64. The summed E-state index contributed by atoms with van der Waals surface area (Å²) in [6.45, 7) is 0.576. The number of anilines is 2. The Hall–Kier alpha value is -1.49. The van der Waals surface area contributed by atoms with E-state index in [-0.39, 0.29) is 10.7 Å². The number of hydrogen-bond donors (Lipinski definition) is 2. The van der Waals surface area contributed by atoms with Gasteiger partial charge in [0.05, 0.1) is 23.0 Å². The standard InChI is InChI=1S/C7H6ClN3O2/c8-4-1-5-6(10-3-9-5)2-7(4)11(12)13/h1-2,9-10H,3H2. The van der Waals surface area contributed by atoms with Crippen LogP contribution in [0.1, 0.15) is 0 Å². The quantitative estimate of drug-likeness (QED) is 0.537. The topological polar surface area (TPSA) is 67.2 Å². The number of fused-ring (bicyclic) bond motifs is 1. The zero-order valence-electron chi connectivity index (χ0n) is 6.50. The Labute approximate surface area is 78.8 Å². The second-order valence-corrected chi connectivity index (χ2v) is 3.04. The number of nitrogens with zero attached hydrogens (tertiary/aromatic N) is 1. The average molecular weight is 200 g/mol. The van der Waals surface area contributed by atoms with Crippen LogP contribution in [0.5, 0.6) is 0 Å². The SMILES string of the molecule is O=[N+]([O-])c1cc2c(cc1Cl)NCN2. The van der Waals surface area contributed by atoms with Crippen molar-refractivity contribution in [2.24, 2.45) is 0 Å². The molecule has 0 spiro atoms. The fourth-order valence-corrected chi connectivity index (χ4v) is 1.46. The highest BCUT2D eigenvalue weighted by atomic mass is 35.5. The fourth-order valence-electron chi connectivity index (χ4n) is 1.23. The predicted octanol–water partition coefficient (Wildman–Crippen LogP) is 2.04. The molecule has 1 aliphatic rings. The highest BCUT2D eigenvalue weighted by molar-refractivity contribution is 6.33. The summed E-state index contributed by atoms with van der Waals surface area (Å²) in [4.78, 5) is 10.00. The van der Waals surface area contributed by atoms with Crippen LogP contribution in [-0.2, 0) is 0 Å². The molecule has 68 valence electrons. The number of nitro benzene ring substituents is 1. The third kappa shape index (κ3) is 1.27. The van der Waals surface area contributed by atoms with Crippen LogP contribution in [0.3, 0.4) is 0 Å². The van der Waals surface area contributed by atoms with Gasteiger partial charge < -0.3 is 10.6 Å². The lowest BCUT2D eigenvalue weighted by molar-refractivity contribution is -0.384. The first-order valence-electron chi connectivity index (χ1n) is 3.64. The molecule has 0 saturated carbocycles. The van der Waals surface area contributed by atoms with E-state index in [0.29, 0.717) is 6.67 Å². The van der Waals surface area contributed by atoms with Crippen LogP contribution in [0, 0.1) is 10.1 Å². The van der Waals surface area contributed by atoms with Crippen LogP contribution in [0.4, 0.5) is 17.1 Å². The largest absolute Gasteiger partial charge is 0.366 e. The normalized spacial score (nSPS) is 13.0. The molecule has 1 aliphatic heterocycles. The minimum absolute atomic E-state index is 0.0726. The molecule has 1 heterocycles. The molecule has 13 heavy (non-hydrogen) atoms. The van der Waals surface area contributed by atoms with Gasteiger partial charge in [-0.15, -0.1) is 0 Å². The molecule has 1 aromatic rings. The summed E-state index contributed by atoms with van der Waals surface area (Å²) < 4.78 is 0. The van der Waals surface area contributed by atoms with E-state index >= 15 is 0 Å². The summed E-state index contributed by atoms with van der Waals surface area (Å²) in [7, 11) is 0. The third-order valence-electron chi connectivity index (χ3n) is 1.84. The van der Waals surface area contributed by atoms with E-state index in [4.69, 9.17) is 11.6 Å². The minimum atomic E-state index is -0.497. The summed E-state index contributed by atoms with van der Waals surface area (Å²) >= 11 is 5.69. The van der Waals surface area contributed by atoms with E-state index in [1.165, 1.54) is 6.07 Å². The second kappa shape index (κ2) is 2.77. The van der Waals surface area contributed by atoms with E-state index < -0.39 is 4.92 Å². The van der Waals surface area contributed by atoms with Crippen molar-refractivity contribution in [3.8, 4) is 0 Å². The van der Waals surface area contributed by atoms with Gasteiger partial charge in [0, 0.05) is 6.07 Å². The van der Waals surface area contributed by atoms with Crippen molar-refractivity contribution in [3.63, 3.8) is 0 Å². The summed E-state index contributed by atoms with van der Waals surface area (Å²) in [5.74, 6) is 0. The lowest BCUT2D eigenvalue weighted by Crippen LogP contribution is -1.98. The first-order valence-corrected chi connectivity index (χ1v) is 4.02. The van der Waals surface area contributed by atoms with Crippen molar-refractivity contribution >= 4 is 28.7 Å². The molecule has 1 aromatic carbocycles. The summed E-state index contributed by atoms with van der Waals surface area (Å²) in [6, 6.07) is 2.98. The highest BCUT2D eigenvalue weighted by Crippen LogP contribution is 2.36. The van der Waals surface area contributed by atoms with Gasteiger partial charge in [-0.05, 0) is 6.07 Å². The van der Waals surface area contributed by atoms with Crippen LogP contribution in [0.15, 0.2) is 12.1 Å². The van der Waals surface area contributed by atoms with Crippen LogP contribution >= 0.6 is 11.6 Å². The highest BCUT2D eigenvalue weighted by Gasteiger charge is 2.18. The van der Waals surface area contributed by atoms with Gasteiger partial charge in [-0.2, -0.15) is 0 Å². The molecular formula is C7H6ClN3O2. The molecule has 0 saturated heterocycles. The Morgan fingerprint density at radius 3 is 2.62 bits per heavy atom. The van der Waals surface area contributed by atoms with Gasteiger partial charge in [0.2, 0.25) is 0 Å². The smallest absolute Gasteiger partial charge is 0.290 e. The summed E-state index contributed by atoms with van der Waals surface area (Å²) in [5.41, 5.74) is 1.45. The van der Waals surface area contributed by atoms with Crippen molar-refractivity contribution in [2.45, 2.75) is 0 Å². The Morgan fingerprint density at radius 1 is 1.38 bits per heavy atom. The molecule has 5 nitrogen and oxygen atoms in total. The van der Waals surface area contributed by atoms with E-state index in [9.17, 15) is 10.1 Å². The Morgan fingerprint density at radius 2 is 2.00 bits per heavy atom. The Bertz CT molecular complexity index is 380. The molecule has 6 heteroatoms. The van der Waals surface area contributed by atoms with E-state index in [0.717, 1.165) is 11.4 Å². The maximum absolute atomic E-state index is 10.5. The van der Waals surface area contributed by atoms with Crippen molar-refractivity contribution in [2.75, 3.05) is 17.3 Å². The molecule has 0 atom stereocenters. The van der Waals surface area contributed by atoms with Crippen LogP contribution in [-0.4, -0.2) is 11.6 Å². The predicted molar refractivity (Wildman–Crippen MR) is 50.2 cm³/mol. The summed E-state index contributed by atoms with van der Waals surface area (Å²) in [5, 5.41) is 16.6. The molecular weight excluding hydrogens is 194 g/mol. The number of rotatable bonds is 1. The molecule has 0 fully saturated rings. The number of nitro groups is 1. The first kappa shape index (κ1) is 8.12. The number of hydrogen-bond acceptors (Lipinski definition) is 4. The van der Waals surface area contributed by atoms with Gasteiger partial charge in [0.25, 0.3) is 5.69 Å². The van der Waals surface area contributed by atoms with Crippen molar-refractivity contribution in [3.05, 3.63) is 27.3 Å². The third-order valence-corrected chi connectivity index (χ3v) is 2.14. The van der Waals surface area contributed by atoms with Gasteiger partial charge in [0.1, 0.15) is 5.02 Å². The number of halogens is 1. The molecule has 0 aromatic heterocycles. The lowest BCUT2D eigenvalue weighted by Gasteiger charge is -1.99. The van der Waals surface area contributed by atoms with Gasteiger partial charge in [-0.1, -0.05) is 11.6 Å². The van der Waals surface area contributed by atoms with Gasteiger partial charge in [-0.3, -0.25) is 10.1 Å². The minimum Gasteiger partial charge on any atom is -0.366 e. The zero-order chi connectivity index (χ0) is 9.42. The van der Waals surface area contributed by atoms with Crippen molar-refractivity contribution < 1.29 is 4.92 Å². The molecule has 2 N–H and O–H groups in total. The molecule has 0 unspecified atom stereocenters. The van der Waals surface area contributed by atoms with E-state index in [1.807, 2.05) is 0 Å².